The molecule has 9 nitrogen and oxygen atoms in total. The van der Waals surface area contributed by atoms with Crippen molar-refractivity contribution in [2.75, 3.05) is 27.8 Å². The van der Waals surface area contributed by atoms with Gasteiger partial charge in [-0.1, -0.05) is 0 Å². The first kappa shape index (κ1) is 41.8. The first-order valence-corrected chi connectivity index (χ1v) is 20.9. The van der Waals surface area contributed by atoms with Gasteiger partial charge < -0.3 is 12.4 Å². The molecule has 2 amide bonds. The Bertz CT molecular complexity index is 1970. The molecular formula is C44H51ClN4O5Ru-. The monoisotopic (exact) mass is 852 g/mol. The van der Waals surface area contributed by atoms with Gasteiger partial charge in [-0.25, -0.2) is 0 Å². The maximum absolute atomic E-state index is 13.9. The quantitative estimate of drug-likeness (QED) is 0.0770. The molecule has 0 N–H and O–H groups in total. The number of nitro groups is 1. The molecule has 55 heavy (non-hydrogen) atoms. The molecule has 2 aliphatic rings. The van der Waals surface area contributed by atoms with E-state index in [0.717, 1.165) is 23.6 Å². The largest absolute Gasteiger partial charge is 1.00 e. The summed E-state index contributed by atoms with van der Waals surface area (Å²) in [6.07, 6.45) is -0.901. The number of halogens is 1. The summed E-state index contributed by atoms with van der Waals surface area (Å²) in [5.41, 5.74) is 9.32. The molecular weight excluding hydrogens is 801 g/mol. The van der Waals surface area contributed by atoms with E-state index in [1.165, 1.54) is 57.9 Å². The number of carbonyl (C=O) groups excluding carboxylic acids is 2. The van der Waals surface area contributed by atoms with E-state index in [1.807, 2.05) is 12.1 Å². The Labute approximate surface area is 338 Å². The fourth-order valence-corrected chi connectivity index (χ4v) is 9.96. The van der Waals surface area contributed by atoms with Crippen molar-refractivity contribution in [3.8, 4) is 5.75 Å². The van der Waals surface area contributed by atoms with Crippen LogP contribution in [0.1, 0.15) is 124 Å². The van der Waals surface area contributed by atoms with Crippen LogP contribution in [0.4, 0.5) is 22.7 Å². The summed E-state index contributed by atoms with van der Waals surface area (Å²) in [6, 6.07) is 24.4. The van der Waals surface area contributed by atoms with Crippen LogP contribution in [-0.4, -0.2) is 45.3 Å². The van der Waals surface area contributed by atoms with Gasteiger partial charge in [0, 0.05) is 0 Å². The number of anilines is 3. The summed E-state index contributed by atoms with van der Waals surface area (Å²) in [5, 5.41) is 11.3. The second kappa shape index (κ2) is 17.2. The predicted molar refractivity (Wildman–Crippen MR) is 214 cm³/mol. The number of non-ortho nitro benzene ring substituents is 1. The number of nitrogens with zero attached hydrogens (tertiary/aromatic N) is 4. The number of hydrogen-bond donors (Lipinski definition) is 0. The van der Waals surface area contributed by atoms with E-state index in [-0.39, 0.29) is 28.4 Å². The smallest absolute Gasteiger partial charge is 1.00 e. The second-order valence-corrected chi connectivity index (χ2v) is 17.3. The van der Waals surface area contributed by atoms with Crippen molar-refractivity contribution in [3.05, 3.63) is 122 Å². The number of nitro benzene ring substituents is 1. The van der Waals surface area contributed by atoms with Crippen LogP contribution in [0, 0.1) is 10.1 Å². The van der Waals surface area contributed by atoms with Crippen LogP contribution in [0.2, 0.25) is 0 Å². The van der Waals surface area contributed by atoms with Crippen molar-refractivity contribution in [2.24, 2.45) is 0 Å². The Morgan fingerprint density at radius 1 is 0.764 bits per heavy atom. The van der Waals surface area contributed by atoms with Gasteiger partial charge in [0.25, 0.3) is 0 Å². The zero-order valence-electron chi connectivity index (χ0n) is 33.0. The predicted octanol–water partition coefficient (Wildman–Crippen LogP) is 6.59. The molecule has 2 heterocycles. The molecule has 1 unspecified atom stereocenters. The average Bonchev–Trinajstić information content (AvgIpc) is 3.56. The molecule has 293 valence electrons. The second-order valence-electron chi connectivity index (χ2n) is 15.3. The molecule has 1 saturated heterocycles. The van der Waals surface area contributed by atoms with Crippen molar-refractivity contribution in [1.82, 2.24) is 0 Å². The SMILES string of the molecule is CC1Oc2c(/[CH]=[Ru]/[CH]3N(c4c(C(C)C)cccc4C(C)C)CCN3c3c(C(C)C)cccc3C(C)C)cccc2N(C(=O)c2ccc([N+](=O)[O-])cc2)C1=O.[Cl-]. The Morgan fingerprint density at radius 3 is 1.65 bits per heavy atom. The van der Waals surface area contributed by atoms with Gasteiger partial charge in [-0.2, -0.15) is 0 Å². The van der Waals surface area contributed by atoms with Crippen LogP contribution in [-0.2, 0) is 21.5 Å². The number of hydrogen-bond acceptors (Lipinski definition) is 7. The Hall–Kier alpha value is -4.40. The van der Waals surface area contributed by atoms with Crippen molar-refractivity contribution < 1.29 is 48.3 Å². The van der Waals surface area contributed by atoms with Crippen molar-refractivity contribution in [1.29, 1.82) is 0 Å². The normalized spacial score (nSPS) is 16.2. The maximum atomic E-state index is 13.9. The van der Waals surface area contributed by atoms with Gasteiger partial charge in [0.1, 0.15) is 0 Å². The molecule has 0 aliphatic carbocycles. The summed E-state index contributed by atoms with van der Waals surface area (Å²) in [5.74, 6) is 0.821. The number of para-hydroxylation sites is 3. The first-order valence-electron chi connectivity index (χ1n) is 18.8. The van der Waals surface area contributed by atoms with Gasteiger partial charge in [0.05, 0.1) is 0 Å². The van der Waals surface area contributed by atoms with Crippen molar-refractivity contribution >= 4 is 39.2 Å². The third-order valence-electron chi connectivity index (χ3n) is 10.3. The number of rotatable bonds is 10. The van der Waals surface area contributed by atoms with Crippen molar-refractivity contribution in [3.63, 3.8) is 0 Å². The molecule has 2 aliphatic heterocycles. The average molecular weight is 852 g/mol. The van der Waals surface area contributed by atoms with E-state index in [9.17, 15) is 19.7 Å². The minimum atomic E-state index is -0.901. The van der Waals surface area contributed by atoms with Gasteiger partial charge in [0.2, 0.25) is 0 Å². The summed E-state index contributed by atoms with van der Waals surface area (Å²) < 4.78 is 8.64. The molecule has 11 heteroatoms. The van der Waals surface area contributed by atoms with Crippen LogP contribution in [0.25, 0.3) is 0 Å². The van der Waals surface area contributed by atoms with Crippen LogP contribution in [0.15, 0.2) is 78.9 Å². The molecule has 4 aromatic rings. The van der Waals surface area contributed by atoms with E-state index < -0.39 is 39.5 Å². The molecule has 0 bridgehead atoms. The molecule has 0 spiro atoms. The van der Waals surface area contributed by atoms with Crippen LogP contribution in [0.5, 0.6) is 5.75 Å². The van der Waals surface area contributed by atoms with Crippen LogP contribution < -0.4 is 31.8 Å². The van der Waals surface area contributed by atoms with Crippen LogP contribution >= 0.6 is 0 Å². The zero-order chi connectivity index (χ0) is 39.0. The molecule has 0 saturated carbocycles. The first-order chi connectivity index (χ1) is 25.7. The van der Waals surface area contributed by atoms with E-state index in [2.05, 4.69) is 106 Å². The standard InChI is InChI=1S/C27H39N2.C17H12N2O5.ClH.Ru/c1-18(2)22-11-9-12-23(19(3)4)26(22)28-15-16-29(17-28)27-24(20(5)6)13-10-14-25(27)21(7)8;1-10-4-3-5-14-15(10)24-11(2)16(20)18(14)17(21)12-6-8-13(9-7-12)19(22)23;;/h9-14,17-21H,15-16H2,1-8H3;1,3-9,11H,2H3;1H;/p-1. The molecule has 0 aromatic heterocycles. The third kappa shape index (κ3) is 8.13. The van der Waals surface area contributed by atoms with Crippen molar-refractivity contribution in [2.45, 2.75) is 96.8 Å². The zero-order valence-corrected chi connectivity index (χ0v) is 35.5. The molecule has 4 aromatic carbocycles. The Morgan fingerprint density at radius 2 is 1.22 bits per heavy atom. The summed E-state index contributed by atoms with van der Waals surface area (Å²) in [4.78, 5) is 44.6. The summed E-state index contributed by atoms with van der Waals surface area (Å²) in [7, 11) is 0. The molecule has 6 rings (SSSR count). The number of fused-ring (bicyclic) bond motifs is 1. The minimum absolute atomic E-state index is 0. The fraction of sp³-hybridized carbons (Fsp3) is 0.386. The minimum Gasteiger partial charge on any atom is -1.00 e. The summed E-state index contributed by atoms with van der Waals surface area (Å²) in [6.45, 7) is 21.6. The van der Waals surface area contributed by atoms with Gasteiger partial charge in [-0.05, 0) is 0 Å². The Balaban J connectivity index is 0.00000580. The number of ether oxygens (including phenoxy) is 1. The third-order valence-corrected chi connectivity index (χ3v) is 12.7. The van der Waals surface area contributed by atoms with E-state index in [0.29, 0.717) is 35.1 Å². The number of amides is 2. The molecule has 1 atom stereocenters. The number of carbonyl (C=O) groups is 2. The van der Waals surface area contributed by atoms with Gasteiger partial charge in [0.15, 0.2) is 0 Å². The fourth-order valence-electron chi connectivity index (χ4n) is 7.47. The topological polar surface area (TPSA) is 96.2 Å². The molecule has 1 fully saturated rings. The van der Waals surface area contributed by atoms with Gasteiger partial charge in [-0.3, -0.25) is 0 Å². The summed E-state index contributed by atoms with van der Waals surface area (Å²) >= 11 is -0.499. The Kier molecular flexibility index (Phi) is 13.0. The number of imide groups is 1. The van der Waals surface area contributed by atoms with E-state index in [1.54, 1.807) is 13.0 Å². The molecule has 0 radical (unpaired) electrons. The van der Waals surface area contributed by atoms with E-state index >= 15 is 0 Å². The van der Waals surface area contributed by atoms with Gasteiger partial charge in [-0.15, -0.1) is 0 Å². The van der Waals surface area contributed by atoms with Crippen LogP contribution in [0.3, 0.4) is 0 Å². The van der Waals surface area contributed by atoms with E-state index in [4.69, 9.17) is 4.74 Å². The number of benzene rings is 4. The maximum Gasteiger partial charge on any atom is -1.00 e. The van der Waals surface area contributed by atoms with Gasteiger partial charge >= 0.3 is 328 Å².